The predicted molar refractivity (Wildman–Crippen MR) is 66.5 cm³/mol. The van der Waals surface area contributed by atoms with Gasteiger partial charge in [0.25, 0.3) is 0 Å². The van der Waals surface area contributed by atoms with E-state index in [4.69, 9.17) is 0 Å². The molecule has 0 bridgehead atoms. The molecule has 1 rings (SSSR count). The third-order valence-corrected chi connectivity index (χ3v) is 2.83. The molecule has 1 aromatic carbocycles. The Bertz CT molecular complexity index is 410. The first-order chi connectivity index (χ1) is 8.58. The van der Waals surface area contributed by atoms with Crippen molar-refractivity contribution in [2.45, 2.75) is 19.5 Å². The lowest BCUT2D eigenvalue weighted by Gasteiger charge is -2.11. The van der Waals surface area contributed by atoms with E-state index in [2.05, 4.69) is 25.4 Å². The molecule has 18 heavy (non-hydrogen) atoms. The van der Waals surface area contributed by atoms with Crippen molar-refractivity contribution in [3.05, 3.63) is 29.3 Å². The van der Waals surface area contributed by atoms with Gasteiger partial charge in [-0.3, -0.25) is 0 Å². The minimum absolute atomic E-state index is 0.000363. The van der Waals surface area contributed by atoms with Crippen LogP contribution >= 0.6 is 15.9 Å². The van der Waals surface area contributed by atoms with Crippen LogP contribution in [0.15, 0.2) is 18.2 Å². The van der Waals surface area contributed by atoms with Gasteiger partial charge in [0, 0.05) is 5.33 Å². The normalized spacial score (nSPS) is 10.5. The summed E-state index contributed by atoms with van der Waals surface area (Å²) in [4.78, 5) is 11.4. The van der Waals surface area contributed by atoms with E-state index in [9.17, 15) is 13.6 Å². The Balaban J connectivity index is 3.00. The maximum absolute atomic E-state index is 12.3. The van der Waals surface area contributed by atoms with Crippen LogP contribution in [0, 0.1) is 0 Å². The first-order valence-corrected chi connectivity index (χ1v) is 6.42. The number of methoxy groups -OCH3 is 1. The van der Waals surface area contributed by atoms with Crippen molar-refractivity contribution in [2.75, 3.05) is 12.4 Å². The summed E-state index contributed by atoms with van der Waals surface area (Å²) < 4.78 is 33.4. The van der Waals surface area contributed by atoms with Crippen LogP contribution in [0.25, 0.3) is 0 Å². The van der Waals surface area contributed by atoms with Crippen LogP contribution in [0.3, 0.4) is 0 Å². The fraction of sp³-hybridized carbons (Fsp3) is 0.417. The molecular formula is C12H13BrF2O3. The quantitative estimate of drug-likeness (QED) is 0.594. The number of esters is 1. The number of hydrogen-bond acceptors (Lipinski definition) is 3. The minimum atomic E-state index is -2.97. The molecule has 1 aromatic rings. The van der Waals surface area contributed by atoms with Crippen molar-refractivity contribution in [3.63, 3.8) is 0 Å². The monoisotopic (exact) mass is 322 g/mol. The van der Waals surface area contributed by atoms with Crippen molar-refractivity contribution in [2.24, 2.45) is 0 Å². The van der Waals surface area contributed by atoms with E-state index in [0.717, 1.165) is 17.3 Å². The zero-order valence-corrected chi connectivity index (χ0v) is 11.4. The molecule has 0 aromatic heterocycles. The summed E-state index contributed by atoms with van der Waals surface area (Å²) in [5, 5.41) is 0.816. The number of rotatable bonds is 6. The van der Waals surface area contributed by atoms with Gasteiger partial charge >= 0.3 is 12.6 Å². The topological polar surface area (TPSA) is 35.5 Å². The van der Waals surface area contributed by atoms with Crippen molar-refractivity contribution < 1.29 is 23.0 Å². The number of ether oxygens (including phenoxy) is 2. The second-order valence-corrected chi connectivity index (χ2v) is 4.29. The largest absolute Gasteiger partial charge is 0.465 e. The lowest BCUT2D eigenvalue weighted by atomic mass is 10.1. The van der Waals surface area contributed by atoms with E-state index in [0.29, 0.717) is 6.42 Å². The highest BCUT2D eigenvalue weighted by molar-refractivity contribution is 9.09. The number of halogens is 3. The van der Waals surface area contributed by atoms with Crippen LogP contribution in [0.5, 0.6) is 5.75 Å². The number of carbonyl (C=O) groups excluding carboxylic acids is 1. The average molecular weight is 323 g/mol. The number of carbonyl (C=O) groups is 1. The van der Waals surface area contributed by atoms with Crippen LogP contribution in [-0.2, 0) is 11.2 Å². The van der Waals surface area contributed by atoms with Gasteiger partial charge in [0.05, 0.1) is 7.11 Å². The number of aryl methyl sites for hydroxylation is 1. The van der Waals surface area contributed by atoms with Gasteiger partial charge in [-0.2, -0.15) is 8.78 Å². The third kappa shape index (κ3) is 4.25. The van der Waals surface area contributed by atoms with E-state index in [-0.39, 0.29) is 11.3 Å². The molecule has 0 radical (unpaired) electrons. The molecule has 0 aliphatic rings. The first-order valence-electron chi connectivity index (χ1n) is 5.30. The summed E-state index contributed by atoms with van der Waals surface area (Å²) in [7, 11) is 1.19. The molecule has 0 saturated heterocycles. The molecule has 0 unspecified atom stereocenters. The Morgan fingerprint density at radius 2 is 2.17 bits per heavy atom. The standard InChI is InChI=1S/C12H13BrF2O3/c1-17-11(16)9-5-4-8(3-2-6-13)7-10(9)18-12(14)15/h4-5,7,12H,2-3,6H2,1H3. The Kier molecular flexibility index (Phi) is 6.04. The molecule has 6 heteroatoms. The predicted octanol–water partition coefficient (Wildman–Crippen LogP) is 3.40. The van der Waals surface area contributed by atoms with Gasteiger partial charge in [0.15, 0.2) is 0 Å². The Hall–Kier alpha value is -1.17. The summed E-state index contributed by atoms with van der Waals surface area (Å²) in [5.41, 5.74) is 0.832. The van der Waals surface area contributed by atoms with Gasteiger partial charge in [-0.25, -0.2) is 4.79 Å². The molecule has 0 amide bonds. The number of hydrogen-bond donors (Lipinski definition) is 0. The van der Waals surface area contributed by atoms with Gasteiger partial charge < -0.3 is 9.47 Å². The second-order valence-electron chi connectivity index (χ2n) is 3.49. The van der Waals surface area contributed by atoms with Crippen molar-refractivity contribution in [3.8, 4) is 5.75 Å². The lowest BCUT2D eigenvalue weighted by molar-refractivity contribution is -0.0504. The Morgan fingerprint density at radius 3 is 2.72 bits per heavy atom. The molecule has 0 fully saturated rings. The molecule has 0 N–H and O–H groups in total. The van der Waals surface area contributed by atoms with Crippen molar-refractivity contribution in [1.82, 2.24) is 0 Å². The summed E-state index contributed by atoms with van der Waals surface area (Å²) in [6.07, 6.45) is 1.58. The van der Waals surface area contributed by atoms with E-state index >= 15 is 0 Å². The highest BCUT2D eigenvalue weighted by atomic mass is 79.9. The maximum Gasteiger partial charge on any atom is 0.387 e. The second kappa shape index (κ2) is 7.31. The average Bonchev–Trinajstić information content (AvgIpc) is 2.35. The van der Waals surface area contributed by atoms with Crippen molar-refractivity contribution >= 4 is 21.9 Å². The van der Waals surface area contributed by atoms with E-state index < -0.39 is 12.6 Å². The van der Waals surface area contributed by atoms with Gasteiger partial charge in [0.2, 0.25) is 0 Å². The summed E-state index contributed by atoms with van der Waals surface area (Å²) in [6, 6.07) is 4.58. The number of alkyl halides is 3. The molecule has 0 aliphatic carbocycles. The zero-order chi connectivity index (χ0) is 13.5. The highest BCUT2D eigenvalue weighted by Gasteiger charge is 2.16. The van der Waals surface area contributed by atoms with E-state index in [1.165, 1.54) is 19.2 Å². The van der Waals surface area contributed by atoms with Crippen LogP contribution in [-0.4, -0.2) is 25.0 Å². The molecule has 3 nitrogen and oxygen atoms in total. The molecule has 100 valence electrons. The van der Waals surface area contributed by atoms with Crippen LogP contribution in [0.1, 0.15) is 22.3 Å². The van der Waals surface area contributed by atoms with E-state index in [1.807, 2.05) is 0 Å². The van der Waals surface area contributed by atoms with Crippen LogP contribution in [0.4, 0.5) is 8.78 Å². The SMILES string of the molecule is COC(=O)c1ccc(CCCBr)cc1OC(F)F. The first kappa shape index (κ1) is 14.9. The number of benzene rings is 1. The minimum Gasteiger partial charge on any atom is -0.465 e. The Morgan fingerprint density at radius 1 is 1.44 bits per heavy atom. The smallest absolute Gasteiger partial charge is 0.387 e. The van der Waals surface area contributed by atoms with Crippen LogP contribution < -0.4 is 4.74 Å². The third-order valence-electron chi connectivity index (χ3n) is 2.27. The fourth-order valence-electron chi connectivity index (χ4n) is 1.47. The molecule has 0 spiro atoms. The summed E-state index contributed by atoms with van der Waals surface area (Å²) in [6.45, 7) is -2.97. The lowest BCUT2D eigenvalue weighted by Crippen LogP contribution is -2.09. The molecule has 0 saturated carbocycles. The fourth-order valence-corrected chi connectivity index (χ4v) is 1.75. The molecule has 0 atom stereocenters. The van der Waals surface area contributed by atoms with Gasteiger partial charge in [0.1, 0.15) is 11.3 Å². The van der Waals surface area contributed by atoms with Gasteiger partial charge in [-0.15, -0.1) is 0 Å². The van der Waals surface area contributed by atoms with Gasteiger partial charge in [-0.1, -0.05) is 22.0 Å². The molecule has 0 aliphatic heterocycles. The molecule has 0 heterocycles. The highest BCUT2D eigenvalue weighted by Crippen LogP contribution is 2.24. The zero-order valence-electron chi connectivity index (χ0n) is 9.79. The summed E-state index contributed by atoms with van der Waals surface area (Å²) in [5.74, 6) is -0.846. The van der Waals surface area contributed by atoms with Crippen LogP contribution in [0.2, 0.25) is 0 Å². The van der Waals surface area contributed by atoms with Crippen molar-refractivity contribution in [1.29, 1.82) is 0 Å². The maximum atomic E-state index is 12.3. The van der Waals surface area contributed by atoms with Gasteiger partial charge in [-0.05, 0) is 30.5 Å². The summed E-state index contributed by atoms with van der Waals surface area (Å²) >= 11 is 3.29. The molecular weight excluding hydrogens is 310 g/mol. The Labute approximate surface area is 112 Å². The van der Waals surface area contributed by atoms with E-state index in [1.54, 1.807) is 6.07 Å².